The summed E-state index contributed by atoms with van der Waals surface area (Å²) in [5.41, 5.74) is 3.24. The van der Waals surface area contributed by atoms with E-state index in [-0.39, 0.29) is 11.8 Å². The number of thioether (sulfide) groups is 1. The van der Waals surface area contributed by atoms with Gasteiger partial charge in [0.05, 0.1) is 10.1 Å². The van der Waals surface area contributed by atoms with Crippen LogP contribution in [0, 0.1) is 0 Å². The van der Waals surface area contributed by atoms with Crippen molar-refractivity contribution in [3.63, 3.8) is 0 Å². The van der Waals surface area contributed by atoms with Crippen molar-refractivity contribution in [1.82, 2.24) is 5.43 Å². The third-order valence-electron chi connectivity index (χ3n) is 2.55. The maximum atomic E-state index is 11.8. The van der Waals surface area contributed by atoms with Crippen LogP contribution in [0.2, 0.25) is 0 Å². The van der Waals surface area contributed by atoms with Crippen LogP contribution in [-0.2, 0) is 4.79 Å². The molecule has 0 saturated carbocycles. The van der Waals surface area contributed by atoms with Gasteiger partial charge in [0, 0.05) is 5.75 Å². The Bertz CT molecular complexity index is 485. The molecule has 1 aromatic carbocycles. The molecule has 0 spiro atoms. The zero-order valence-corrected chi connectivity index (χ0v) is 11.3. The Labute approximate surface area is 114 Å². The van der Waals surface area contributed by atoms with Gasteiger partial charge in [0.1, 0.15) is 0 Å². The summed E-state index contributed by atoms with van der Waals surface area (Å²) in [5.74, 6) is 5.57. The van der Waals surface area contributed by atoms with Crippen LogP contribution in [0.1, 0.15) is 11.5 Å². The fourth-order valence-corrected chi connectivity index (χ4v) is 3.56. The normalized spacial score (nSPS) is 12.1. The van der Waals surface area contributed by atoms with Crippen molar-refractivity contribution in [2.75, 3.05) is 5.75 Å². The summed E-state index contributed by atoms with van der Waals surface area (Å²) in [6.45, 7) is 0. The van der Waals surface area contributed by atoms with Crippen LogP contribution in [0.25, 0.3) is 0 Å². The zero-order valence-electron chi connectivity index (χ0n) is 9.71. The molecule has 1 unspecified atom stereocenters. The van der Waals surface area contributed by atoms with Crippen LogP contribution in [0.4, 0.5) is 0 Å². The van der Waals surface area contributed by atoms with Gasteiger partial charge >= 0.3 is 0 Å². The van der Waals surface area contributed by atoms with Gasteiger partial charge in [0.2, 0.25) is 5.91 Å². The number of nitrogens with two attached hydrogens (primary N) is 1. The highest BCUT2D eigenvalue weighted by Gasteiger charge is 2.19. The third-order valence-corrected chi connectivity index (χ3v) is 4.77. The maximum Gasteiger partial charge on any atom is 0.242 e. The highest BCUT2D eigenvalue weighted by molar-refractivity contribution is 8.01. The molecule has 5 heteroatoms. The number of thiophene rings is 1. The minimum atomic E-state index is -0.219. The van der Waals surface area contributed by atoms with Gasteiger partial charge in [-0.15, -0.1) is 23.1 Å². The molecule has 1 amide bonds. The second-order valence-corrected chi connectivity index (χ2v) is 5.98. The van der Waals surface area contributed by atoms with Crippen LogP contribution < -0.4 is 11.3 Å². The van der Waals surface area contributed by atoms with Gasteiger partial charge in [-0.25, -0.2) is 5.84 Å². The second kappa shape index (κ2) is 6.58. The van der Waals surface area contributed by atoms with E-state index in [1.54, 1.807) is 23.1 Å². The number of hydrogen-bond donors (Lipinski definition) is 2. The van der Waals surface area contributed by atoms with E-state index < -0.39 is 0 Å². The van der Waals surface area contributed by atoms with Gasteiger partial charge in [-0.05, 0) is 17.0 Å². The molecule has 1 heterocycles. The van der Waals surface area contributed by atoms with E-state index >= 15 is 0 Å². The molecule has 94 valence electrons. The van der Waals surface area contributed by atoms with E-state index in [0.717, 1.165) is 5.56 Å². The van der Waals surface area contributed by atoms with Crippen molar-refractivity contribution >= 4 is 29.0 Å². The van der Waals surface area contributed by atoms with Crippen molar-refractivity contribution in [3.8, 4) is 0 Å². The lowest BCUT2D eigenvalue weighted by molar-refractivity contribution is -0.122. The number of rotatable bonds is 5. The van der Waals surface area contributed by atoms with Crippen LogP contribution in [0.15, 0.2) is 52.1 Å². The zero-order chi connectivity index (χ0) is 12.8. The Kier molecular flexibility index (Phi) is 4.81. The van der Waals surface area contributed by atoms with Gasteiger partial charge < -0.3 is 0 Å². The van der Waals surface area contributed by atoms with Gasteiger partial charge in [-0.1, -0.05) is 36.4 Å². The van der Waals surface area contributed by atoms with E-state index in [2.05, 4.69) is 11.5 Å². The first kappa shape index (κ1) is 13.1. The summed E-state index contributed by atoms with van der Waals surface area (Å²) in [6.07, 6.45) is 0. The Hall–Kier alpha value is -1.30. The summed E-state index contributed by atoms with van der Waals surface area (Å²) in [5, 5.41) is 2.03. The first-order valence-electron chi connectivity index (χ1n) is 5.53. The highest BCUT2D eigenvalue weighted by atomic mass is 32.2. The molecule has 0 saturated heterocycles. The second-order valence-electron chi connectivity index (χ2n) is 3.71. The Morgan fingerprint density at radius 1 is 1.28 bits per heavy atom. The quantitative estimate of drug-likeness (QED) is 0.382. The Morgan fingerprint density at radius 3 is 2.67 bits per heavy atom. The number of carbonyl (C=O) groups excluding carboxylic acids is 1. The molecule has 0 aliphatic carbocycles. The fraction of sp³-hybridized carbons (Fsp3) is 0.154. The van der Waals surface area contributed by atoms with Crippen LogP contribution in [-0.4, -0.2) is 11.7 Å². The number of hydrogen-bond acceptors (Lipinski definition) is 4. The van der Waals surface area contributed by atoms with Crippen LogP contribution in [0.3, 0.4) is 0 Å². The molecule has 3 N–H and O–H groups in total. The number of amides is 1. The summed E-state index contributed by atoms with van der Waals surface area (Å²) >= 11 is 3.36. The summed E-state index contributed by atoms with van der Waals surface area (Å²) in [4.78, 5) is 11.8. The summed E-state index contributed by atoms with van der Waals surface area (Å²) < 4.78 is 1.21. The smallest absolute Gasteiger partial charge is 0.242 e. The summed E-state index contributed by atoms with van der Waals surface area (Å²) in [6, 6.07) is 13.8. The third kappa shape index (κ3) is 3.35. The van der Waals surface area contributed by atoms with Crippen molar-refractivity contribution in [2.45, 2.75) is 10.1 Å². The van der Waals surface area contributed by atoms with Crippen LogP contribution in [0.5, 0.6) is 0 Å². The van der Waals surface area contributed by atoms with Crippen molar-refractivity contribution < 1.29 is 4.79 Å². The lowest BCUT2D eigenvalue weighted by Crippen LogP contribution is -2.35. The standard InChI is InChI=1S/C13H14N2OS2/c14-15-13(16)11(10-5-2-1-3-6-10)9-18-12-7-4-8-17-12/h1-8,11H,9,14H2,(H,15,16). The average Bonchev–Trinajstić information content (AvgIpc) is 2.93. The van der Waals surface area contributed by atoms with Gasteiger partial charge in [0.25, 0.3) is 0 Å². The Morgan fingerprint density at radius 2 is 2.06 bits per heavy atom. The minimum absolute atomic E-state index is 0.148. The molecule has 0 aliphatic heterocycles. The monoisotopic (exact) mass is 278 g/mol. The predicted molar refractivity (Wildman–Crippen MR) is 76.6 cm³/mol. The minimum Gasteiger partial charge on any atom is -0.294 e. The lowest BCUT2D eigenvalue weighted by atomic mass is 10.0. The molecular weight excluding hydrogens is 264 g/mol. The molecule has 0 radical (unpaired) electrons. The molecule has 3 nitrogen and oxygen atoms in total. The summed E-state index contributed by atoms with van der Waals surface area (Å²) in [7, 11) is 0. The van der Waals surface area contributed by atoms with E-state index in [9.17, 15) is 4.79 Å². The Balaban J connectivity index is 2.09. The molecule has 0 aliphatic rings. The van der Waals surface area contributed by atoms with Crippen molar-refractivity contribution in [2.24, 2.45) is 5.84 Å². The van der Waals surface area contributed by atoms with E-state index in [4.69, 9.17) is 5.84 Å². The first-order chi connectivity index (χ1) is 8.81. The van der Waals surface area contributed by atoms with Gasteiger partial charge in [0.15, 0.2) is 0 Å². The van der Waals surface area contributed by atoms with E-state index in [1.165, 1.54) is 4.21 Å². The van der Waals surface area contributed by atoms with Gasteiger partial charge in [-0.3, -0.25) is 10.2 Å². The molecule has 1 aromatic heterocycles. The van der Waals surface area contributed by atoms with Crippen molar-refractivity contribution in [3.05, 3.63) is 53.4 Å². The number of carbonyl (C=O) groups is 1. The topological polar surface area (TPSA) is 55.1 Å². The predicted octanol–water partition coefficient (Wildman–Crippen LogP) is 2.61. The van der Waals surface area contributed by atoms with Gasteiger partial charge in [-0.2, -0.15) is 0 Å². The maximum absolute atomic E-state index is 11.8. The fourth-order valence-electron chi connectivity index (χ4n) is 1.62. The van der Waals surface area contributed by atoms with E-state index in [1.807, 2.05) is 41.8 Å². The number of hydrazine groups is 1. The molecule has 0 bridgehead atoms. The number of nitrogens with one attached hydrogen (secondary N) is 1. The highest BCUT2D eigenvalue weighted by Crippen LogP contribution is 2.29. The molecule has 2 aromatic rings. The average molecular weight is 278 g/mol. The molecule has 0 fully saturated rings. The lowest BCUT2D eigenvalue weighted by Gasteiger charge is -2.14. The van der Waals surface area contributed by atoms with Crippen molar-refractivity contribution in [1.29, 1.82) is 0 Å². The molecule has 1 atom stereocenters. The molecular formula is C13H14N2OS2. The van der Waals surface area contributed by atoms with E-state index in [0.29, 0.717) is 5.75 Å². The first-order valence-corrected chi connectivity index (χ1v) is 7.39. The SMILES string of the molecule is NNC(=O)C(CSc1cccs1)c1ccccc1. The number of benzene rings is 1. The largest absolute Gasteiger partial charge is 0.294 e. The molecule has 2 rings (SSSR count). The molecule has 18 heavy (non-hydrogen) atoms. The van der Waals surface area contributed by atoms with Crippen LogP contribution >= 0.6 is 23.1 Å².